The topological polar surface area (TPSA) is 117 Å². The lowest BCUT2D eigenvalue weighted by Crippen LogP contribution is -2.34. The Morgan fingerprint density at radius 3 is 2.45 bits per heavy atom. The molecule has 1 aromatic carbocycles. The second kappa shape index (κ2) is 8.18. The van der Waals surface area contributed by atoms with Crippen LogP contribution in [0.4, 0.5) is 5.69 Å². The average molecular weight is 311 g/mol. The second-order valence-electron chi connectivity index (χ2n) is 4.77. The number of amides is 1. The number of nitrogens with one attached hydrogen (secondary N) is 1. The molecule has 1 atom stereocenters. The normalized spacial score (nSPS) is 11.6. The summed E-state index contributed by atoms with van der Waals surface area (Å²) in [5, 5.41) is 13.8. The van der Waals surface area contributed by atoms with Crippen LogP contribution >= 0.6 is 0 Å². The highest BCUT2D eigenvalue weighted by atomic mass is 16.6. The molecule has 0 fully saturated rings. The van der Waals surface area contributed by atoms with Gasteiger partial charge in [0.2, 0.25) is 5.91 Å². The second-order valence-corrected chi connectivity index (χ2v) is 4.77. The van der Waals surface area contributed by atoms with Crippen molar-refractivity contribution in [2.24, 2.45) is 11.7 Å². The van der Waals surface area contributed by atoms with Gasteiger partial charge in [0.05, 0.1) is 25.2 Å². The lowest BCUT2D eigenvalue weighted by molar-refractivity contribution is -0.385. The Bertz CT molecular complexity index is 548. The molecule has 8 heteroatoms. The number of carbonyl (C=O) groups excluding carboxylic acids is 1. The molecule has 0 radical (unpaired) electrons. The van der Waals surface area contributed by atoms with Crippen molar-refractivity contribution in [3.63, 3.8) is 0 Å². The van der Waals surface area contributed by atoms with E-state index in [1.807, 2.05) is 0 Å². The number of nitro benzene ring substituents is 1. The summed E-state index contributed by atoms with van der Waals surface area (Å²) in [5.41, 5.74) is 5.80. The molecule has 0 aliphatic heterocycles. The fourth-order valence-corrected chi connectivity index (χ4v) is 1.88. The summed E-state index contributed by atoms with van der Waals surface area (Å²) in [6.45, 7) is 2.25. The van der Waals surface area contributed by atoms with Gasteiger partial charge in [0.1, 0.15) is 0 Å². The summed E-state index contributed by atoms with van der Waals surface area (Å²) >= 11 is 0. The van der Waals surface area contributed by atoms with Crippen molar-refractivity contribution < 1.29 is 19.2 Å². The van der Waals surface area contributed by atoms with Gasteiger partial charge in [-0.15, -0.1) is 0 Å². The van der Waals surface area contributed by atoms with Gasteiger partial charge >= 0.3 is 0 Å². The highest BCUT2D eigenvalue weighted by molar-refractivity contribution is 5.78. The quantitative estimate of drug-likeness (QED) is 0.543. The third-order valence-corrected chi connectivity index (χ3v) is 3.28. The van der Waals surface area contributed by atoms with E-state index in [4.69, 9.17) is 15.2 Å². The van der Waals surface area contributed by atoms with E-state index < -0.39 is 4.92 Å². The Hall–Kier alpha value is -2.35. The van der Waals surface area contributed by atoms with Crippen LogP contribution in [0.3, 0.4) is 0 Å². The van der Waals surface area contributed by atoms with Crippen molar-refractivity contribution >= 4 is 11.6 Å². The maximum Gasteiger partial charge on any atom is 0.276 e. The molecule has 1 unspecified atom stereocenters. The van der Waals surface area contributed by atoms with Gasteiger partial charge in [-0.2, -0.15) is 0 Å². The van der Waals surface area contributed by atoms with E-state index in [9.17, 15) is 14.9 Å². The molecule has 0 aromatic heterocycles. The first-order valence-electron chi connectivity index (χ1n) is 6.81. The van der Waals surface area contributed by atoms with Crippen LogP contribution in [0.15, 0.2) is 12.1 Å². The van der Waals surface area contributed by atoms with Crippen LogP contribution in [0.1, 0.15) is 12.5 Å². The third-order valence-electron chi connectivity index (χ3n) is 3.28. The van der Waals surface area contributed by atoms with Crippen LogP contribution in [0, 0.1) is 16.0 Å². The Morgan fingerprint density at radius 1 is 1.36 bits per heavy atom. The zero-order valence-electron chi connectivity index (χ0n) is 12.9. The summed E-state index contributed by atoms with van der Waals surface area (Å²) in [6, 6.07) is 2.87. The van der Waals surface area contributed by atoms with Crippen molar-refractivity contribution in [1.29, 1.82) is 0 Å². The van der Waals surface area contributed by atoms with Gasteiger partial charge in [-0.05, 0) is 12.5 Å². The molecule has 0 aliphatic carbocycles. The predicted octanol–water partition coefficient (Wildman–Crippen LogP) is 0.866. The van der Waals surface area contributed by atoms with Crippen molar-refractivity contribution in [3.8, 4) is 11.5 Å². The van der Waals surface area contributed by atoms with Gasteiger partial charge in [-0.1, -0.05) is 6.92 Å². The monoisotopic (exact) mass is 311 g/mol. The number of methoxy groups -OCH3 is 2. The van der Waals surface area contributed by atoms with E-state index in [2.05, 4.69) is 5.32 Å². The van der Waals surface area contributed by atoms with E-state index in [0.29, 0.717) is 23.5 Å². The smallest absolute Gasteiger partial charge is 0.276 e. The predicted molar refractivity (Wildman–Crippen MR) is 81.1 cm³/mol. The van der Waals surface area contributed by atoms with Crippen molar-refractivity contribution in [3.05, 3.63) is 27.8 Å². The molecular formula is C14H21N3O5. The summed E-state index contributed by atoms with van der Waals surface area (Å²) < 4.78 is 10.2. The van der Waals surface area contributed by atoms with Crippen molar-refractivity contribution in [1.82, 2.24) is 5.32 Å². The summed E-state index contributed by atoms with van der Waals surface area (Å²) in [7, 11) is 2.87. The average Bonchev–Trinajstić information content (AvgIpc) is 2.52. The SMILES string of the molecule is COc1cc(CCNC(=O)C(C)CN)c([N+](=O)[O-])cc1OC. The highest BCUT2D eigenvalue weighted by Gasteiger charge is 2.19. The molecule has 0 bridgehead atoms. The molecule has 0 saturated carbocycles. The summed E-state index contributed by atoms with van der Waals surface area (Å²) in [4.78, 5) is 22.3. The van der Waals surface area contributed by atoms with Crippen LogP contribution in [0.5, 0.6) is 11.5 Å². The van der Waals surface area contributed by atoms with Gasteiger partial charge < -0.3 is 20.5 Å². The van der Waals surface area contributed by atoms with Gasteiger partial charge in [-0.3, -0.25) is 14.9 Å². The number of carbonyl (C=O) groups is 1. The Balaban J connectivity index is 2.89. The van der Waals surface area contributed by atoms with Crippen LogP contribution < -0.4 is 20.5 Å². The van der Waals surface area contributed by atoms with E-state index in [-0.39, 0.29) is 30.6 Å². The zero-order chi connectivity index (χ0) is 16.7. The number of ether oxygens (including phenoxy) is 2. The zero-order valence-corrected chi connectivity index (χ0v) is 12.9. The molecule has 0 saturated heterocycles. The number of nitro groups is 1. The molecule has 0 spiro atoms. The first-order chi connectivity index (χ1) is 10.4. The van der Waals surface area contributed by atoms with E-state index in [0.717, 1.165) is 0 Å². The lowest BCUT2D eigenvalue weighted by atomic mass is 10.1. The molecule has 0 heterocycles. The van der Waals surface area contributed by atoms with Crippen molar-refractivity contribution in [2.75, 3.05) is 27.3 Å². The van der Waals surface area contributed by atoms with Crippen LogP contribution in [-0.4, -0.2) is 38.1 Å². The molecule has 22 heavy (non-hydrogen) atoms. The fraction of sp³-hybridized carbons (Fsp3) is 0.500. The molecular weight excluding hydrogens is 290 g/mol. The minimum Gasteiger partial charge on any atom is -0.493 e. The molecule has 1 rings (SSSR count). The molecule has 122 valence electrons. The standard InChI is InChI=1S/C14H21N3O5/c1-9(8-15)14(18)16-5-4-10-6-12(21-2)13(22-3)7-11(10)17(19)20/h6-7,9H,4-5,8,15H2,1-3H3,(H,16,18). The Labute approximate surface area is 128 Å². The van der Waals surface area contributed by atoms with E-state index in [1.165, 1.54) is 20.3 Å². The minimum absolute atomic E-state index is 0.0706. The molecule has 1 amide bonds. The van der Waals surface area contributed by atoms with Gasteiger partial charge in [0.15, 0.2) is 11.5 Å². The number of hydrogen-bond donors (Lipinski definition) is 2. The molecule has 8 nitrogen and oxygen atoms in total. The number of benzene rings is 1. The van der Waals surface area contributed by atoms with E-state index >= 15 is 0 Å². The minimum atomic E-state index is -0.485. The van der Waals surface area contributed by atoms with Crippen molar-refractivity contribution in [2.45, 2.75) is 13.3 Å². The molecule has 0 aliphatic rings. The van der Waals surface area contributed by atoms with Crippen LogP contribution in [0.25, 0.3) is 0 Å². The Kier molecular flexibility index (Phi) is 6.58. The first kappa shape index (κ1) is 17.7. The maximum absolute atomic E-state index is 11.6. The Morgan fingerprint density at radius 2 is 1.95 bits per heavy atom. The highest BCUT2D eigenvalue weighted by Crippen LogP contribution is 2.34. The summed E-state index contributed by atoms with van der Waals surface area (Å²) in [6.07, 6.45) is 0.305. The summed E-state index contributed by atoms with van der Waals surface area (Å²) in [5.74, 6) is 0.231. The first-order valence-corrected chi connectivity index (χ1v) is 6.81. The fourth-order valence-electron chi connectivity index (χ4n) is 1.88. The third kappa shape index (κ3) is 4.32. The van der Waals surface area contributed by atoms with Crippen LogP contribution in [0.2, 0.25) is 0 Å². The molecule has 1 aromatic rings. The largest absolute Gasteiger partial charge is 0.493 e. The number of nitrogens with two attached hydrogens (primary N) is 1. The van der Waals surface area contributed by atoms with Gasteiger partial charge in [0.25, 0.3) is 5.69 Å². The number of rotatable bonds is 8. The number of nitrogens with zero attached hydrogens (tertiary/aromatic N) is 1. The lowest BCUT2D eigenvalue weighted by Gasteiger charge is -2.12. The van der Waals surface area contributed by atoms with Gasteiger partial charge in [0, 0.05) is 24.6 Å². The maximum atomic E-state index is 11.6. The molecule has 3 N–H and O–H groups in total. The van der Waals surface area contributed by atoms with Gasteiger partial charge in [-0.25, -0.2) is 0 Å². The van der Waals surface area contributed by atoms with Crippen LogP contribution in [-0.2, 0) is 11.2 Å². The van der Waals surface area contributed by atoms with E-state index in [1.54, 1.807) is 13.0 Å². The number of hydrogen-bond acceptors (Lipinski definition) is 6.